The summed E-state index contributed by atoms with van der Waals surface area (Å²) in [6, 6.07) is 22.6. The first-order valence-corrected chi connectivity index (χ1v) is 10.4. The summed E-state index contributed by atoms with van der Waals surface area (Å²) in [4.78, 5) is 12.0. The molecule has 3 aromatic rings. The zero-order valence-corrected chi connectivity index (χ0v) is 16.3. The molecule has 3 rings (SSSR count). The zero-order valence-electron chi connectivity index (χ0n) is 15.5. The molecule has 0 radical (unpaired) electrons. The average Bonchev–Trinajstić information content (AvgIpc) is 2.73. The van der Waals surface area contributed by atoms with Crippen molar-refractivity contribution in [1.82, 2.24) is 0 Å². The molecule has 0 bridgehead atoms. The quantitative estimate of drug-likeness (QED) is 0.588. The lowest BCUT2D eigenvalue weighted by atomic mass is 10.1. The molecule has 0 amide bonds. The Kier molecular flexibility index (Phi) is 6.11. The highest BCUT2D eigenvalue weighted by Crippen LogP contribution is 2.22. The van der Waals surface area contributed by atoms with Crippen LogP contribution in [0.25, 0.3) is 11.1 Å². The number of esters is 1. The fourth-order valence-corrected chi connectivity index (χ4v) is 3.68. The molecule has 0 aliphatic carbocycles. The molecule has 0 heterocycles. The number of carbonyl (C=O) groups is 1. The molecule has 0 aromatic heterocycles. The summed E-state index contributed by atoms with van der Waals surface area (Å²) in [7, 11) is -3.73. The van der Waals surface area contributed by atoms with E-state index >= 15 is 0 Å². The Morgan fingerprint density at radius 3 is 2.07 bits per heavy atom. The minimum absolute atomic E-state index is 0.165. The highest BCUT2D eigenvalue weighted by Gasteiger charge is 2.15. The Morgan fingerprint density at radius 2 is 1.46 bits per heavy atom. The SMILES string of the molecule is CCCOC(=O)c1ccc(NS(=O)(=O)c2ccc(-c3ccccc3)cc2)cc1. The molecular weight excluding hydrogens is 374 g/mol. The van der Waals surface area contributed by atoms with Gasteiger partial charge in [0.2, 0.25) is 0 Å². The third-order valence-corrected chi connectivity index (χ3v) is 5.48. The van der Waals surface area contributed by atoms with Crippen molar-refractivity contribution in [3.05, 3.63) is 84.4 Å². The molecule has 0 aliphatic rings. The Bertz CT molecular complexity index is 1030. The third-order valence-electron chi connectivity index (χ3n) is 4.08. The predicted molar refractivity (Wildman–Crippen MR) is 110 cm³/mol. The van der Waals surface area contributed by atoms with Crippen LogP contribution in [0.1, 0.15) is 23.7 Å². The minimum Gasteiger partial charge on any atom is -0.462 e. The van der Waals surface area contributed by atoms with Gasteiger partial charge >= 0.3 is 5.97 Å². The largest absolute Gasteiger partial charge is 0.462 e. The standard InChI is InChI=1S/C22H21NO4S/c1-2-16-27-22(24)19-8-12-20(13-9-19)23-28(25,26)21-14-10-18(11-15-21)17-6-4-3-5-7-17/h3-15,23H,2,16H2,1H3. The summed E-state index contributed by atoms with van der Waals surface area (Å²) in [6.45, 7) is 2.27. The van der Waals surface area contributed by atoms with Gasteiger partial charge in [-0.1, -0.05) is 49.4 Å². The molecule has 28 heavy (non-hydrogen) atoms. The van der Waals surface area contributed by atoms with Gasteiger partial charge in [-0.15, -0.1) is 0 Å². The molecule has 3 aromatic carbocycles. The lowest BCUT2D eigenvalue weighted by molar-refractivity contribution is 0.0505. The van der Waals surface area contributed by atoms with Crippen LogP contribution in [0.2, 0.25) is 0 Å². The van der Waals surface area contributed by atoms with E-state index in [1.807, 2.05) is 37.3 Å². The number of sulfonamides is 1. The zero-order chi connectivity index (χ0) is 20.0. The Balaban J connectivity index is 1.72. The average molecular weight is 395 g/mol. The maximum atomic E-state index is 12.6. The number of benzene rings is 3. The first-order chi connectivity index (χ1) is 13.5. The first kappa shape index (κ1) is 19.6. The van der Waals surface area contributed by atoms with Gasteiger partial charge < -0.3 is 4.74 Å². The van der Waals surface area contributed by atoms with E-state index in [0.29, 0.717) is 17.9 Å². The smallest absolute Gasteiger partial charge is 0.338 e. The van der Waals surface area contributed by atoms with E-state index < -0.39 is 16.0 Å². The monoisotopic (exact) mass is 395 g/mol. The summed E-state index contributed by atoms with van der Waals surface area (Å²) in [5.74, 6) is -0.423. The van der Waals surface area contributed by atoms with Crippen LogP contribution in [0.5, 0.6) is 0 Å². The van der Waals surface area contributed by atoms with E-state index in [1.54, 1.807) is 36.4 Å². The molecule has 0 saturated heterocycles. The van der Waals surface area contributed by atoms with E-state index in [4.69, 9.17) is 4.74 Å². The van der Waals surface area contributed by atoms with Crippen LogP contribution in [0.4, 0.5) is 5.69 Å². The maximum absolute atomic E-state index is 12.6. The predicted octanol–water partition coefficient (Wildman–Crippen LogP) is 4.72. The van der Waals surface area contributed by atoms with Gasteiger partial charge in [0, 0.05) is 5.69 Å². The van der Waals surface area contributed by atoms with Crippen molar-refractivity contribution in [2.75, 3.05) is 11.3 Å². The molecule has 0 unspecified atom stereocenters. The third kappa shape index (κ3) is 4.78. The summed E-state index contributed by atoms with van der Waals surface area (Å²) < 4.78 is 32.8. The fourth-order valence-electron chi connectivity index (χ4n) is 2.62. The Labute approximate surface area is 165 Å². The molecule has 6 heteroatoms. The van der Waals surface area contributed by atoms with Crippen molar-refractivity contribution in [3.8, 4) is 11.1 Å². The van der Waals surface area contributed by atoms with Crippen molar-refractivity contribution in [2.24, 2.45) is 0 Å². The van der Waals surface area contributed by atoms with Crippen molar-refractivity contribution in [1.29, 1.82) is 0 Å². The molecule has 5 nitrogen and oxygen atoms in total. The summed E-state index contributed by atoms with van der Waals surface area (Å²) >= 11 is 0. The summed E-state index contributed by atoms with van der Waals surface area (Å²) in [5, 5.41) is 0. The second kappa shape index (κ2) is 8.71. The number of carbonyl (C=O) groups excluding carboxylic acids is 1. The number of hydrogen-bond acceptors (Lipinski definition) is 4. The van der Waals surface area contributed by atoms with Crippen molar-refractivity contribution in [3.63, 3.8) is 0 Å². The molecule has 1 N–H and O–H groups in total. The fraction of sp³-hybridized carbons (Fsp3) is 0.136. The highest BCUT2D eigenvalue weighted by molar-refractivity contribution is 7.92. The van der Waals surface area contributed by atoms with Crippen LogP contribution < -0.4 is 4.72 Å². The number of rotatable bonds is 7. The van der Waals surface area contributed by atoms with E-state index in [9.17, 15) is 13.2 Å². The van der Waals surface area contributed by atoms with Crippen molar-refractivity contribution in [2.45, 2.75) is 18.2 Å². The van der Waals surface area contributed by atoms with Crippen molar-refractivity contribution < 1.29 is 17.9 Å². The van der Waals surface area contributed by atoms with E-state index in [-0.39, 0.29) is 4.90 Å². The summed E-state index contributed by atoms with van der Waals surface area (Å²) in [5.41, 5.74) is 2.71. The molecule has 0 fully saturated rings. The normalized spacial score (nSPS) is 11.0. The molecule has 0 aliphatic heterocycles. The number of ether oxygens (including phenoxy) is 1. The topological polar surface area (TPSA) is 72.5 Å². The van der Waals surface area contributed by atoms with E-state index in [0.717, 1.165) is 17.5 Å². The van der Waals surface area contributed by atoms with Gasteiger partial charge in [0.1, 0.15) is 0 Å². The van der Waals surface area contributed by atoms with Crippen LogP contribution >= 0.6 is 0 Å². The van der Waals surface area contributed by atoms with E-state index in [1.165, 1.54) is 12.1 Å². The lowest BCUT2D eigenvalue weighted by Crippen LogP contribution is -2.13. The maximum Gasteiger partial charge on any atom is 0.338 e. The number of anilines is 1. The summed E-state index contributed by atoms with van der Waals surface area (Å²) in [6.07, 6.45) is 0.743. The molecular formula is C22H21NO4S. The Hall–Kier alpha value is -3.12. The van der Waals surface area contributed by atoms with Gasteiger partial charge in [-0.3, -0.25) is 4.72 Å². The van der Waals surface area contributed by atoms with Crippen LogP contribution in [0, 0.1) is 0 Å². The van der Waals surface area contributed by atoms with Gasteiger partial charge in [0.05, 0.1) is 17.1 Å². The van der Waals surface area contributed by atoms with Crippen LogP contribution in [-0.4, -0.2) is 21.0 Å². The second-order valence-corrected chi connectivity index (χ2v) is 7.89. The highest BCUT2D eigenvalue weighted by atomic mass is 32.2. The molecule has 0 saturated carbocycles. The van der Waals surface area contributed by atoms with Crippen molar-refractivity contribution >= 4 is 21.7 Å². The number of hydrogen-bond donors (Lipinski definition) is 1. The van der Waals surface area contributed by atoms with Gasteiger partial charge in [-0.05, 0) is 53.9 Å². The van der Waals surface area contributed by atoms with Gasteiger partial charge in [-0.2, -0.15) is 0 Å². The van der Waals surface area contributed by atoms with Crippen LogP contribution in [0.3, 0.4) is 0 Å². The van der Waals surface area contributed by atoms with Gasteiger partial charge in [-0.25, -0.2) is 13.2 Å². The van der Waals surface area contributed by atoms with Gasteiger partial charge in [0.15, 0.2) is 0 Å². The number of nitrogens with one attached hydrogen (secondary N) is 1. The van der Waals surface area contributed by atoms with Crippen LogP contribution in [0.15, 0.2) is 83.8 Å². The molecule has 0 spiro atoms. The lowest BCUT2D eigenvalue weighted by Gasteiger charge is -2.10. The van der Waals surface area contributed by atoms with E-state index in [2.05, 4.69) is 4.72 Å². The second-order valence-electron chi connectivity index (χ2n) is 6.21. The Morgan fingerprint density at radius 1 is 0.857 bits per heavy atom. The van der Waals surface area contributed by atoms with Gasteiger partial charge in [0.25, 0.3) is 10.0 Å². The molecule has 0 atom stereocenters. The first-order valence-electron chi connectivity index (χ1n) is 8.95. The minimum atomic E-state index is -3.73. The molecule has 144 valence electrons. The van der Waals surface area contributed by atoms with Crippen LogP contribution in [-0.2, 0) is 14.8 Å².